The topological polar surface area (TPSA) is 40.5 Å². The van der Waals surface area contributed by atoms with Crippen LogP contribution in [0.3, 0.4) is 0 Å². The van der Waals surface area contributed by atoms with E-state index in [1.807, 2.05) is 58.9 Å². The Labute approximate surface area is 161 Å². The summed E-state index contributed by atoms with van der Waals surface area (Å²) in [6, 6.07) is 0. The summed E-state index contributed by atoms with van der Waals surface area (Å²) in [6.07, 6.45) is 13.8. The molecule has 0 fully saturated rings. The zero-order valence-corrected chi connectivity index (χ0v) is 17.6. The van der Waals surface area contributed by atoms with Crippen molar-refractivity contribution in [3.8, 4) is 0 Å². The van der Waals surface area contributed by atoms with E-state index in [2.05, 4.69) is 26.7 Å². The van der Waals surface area contributed by atoms with E-state index >= 15 is 0 Å². The molecular weight excluding hydrogens is 322 g/mol. The van der Waals surface area contributed by atoms with E-state index in [4.69, 9.17) is 0 Å². The summed E-state index contributed by atoms with van der Waals surface area (Å²) in [4.78, 5) is 12.9. The predicted octanol–water partition coefficient (Wildman–Crippen LogP) is 6.52. The zero-order chi connectivity index (χ0) is 21.1. The van der Waals surface area contributed by atoms with E-state index in [-0.39, 0.29) is 11.7 Å². The molecule has 0 amide bonds. The number of aliphatic hydroxyl groups is 1. The molecule has 0 aromatic carbocycles. The van der Waals surface area contributed by atoms with Gasteiger partial charge in [-0.15, -0.1) is 0 Å². The number of hydrogen-bond donors (Lipinski definition) is 1. The van der Waals surface area contributed by atoms with Gasteiger partial charge in [0.05, 0.1) is 0 Å². The lowest BCUT2D eigenvalue weighted by atomic mass is 10.00. The largest absolute Gasteiger partial charge is 0.503 e. The van der Waals surface area contributed by atoms with Crippen molar-refractivity contribution in [2.24, 2.45) is 5.92 Å². The van der Waals surface area contributed by atoms with Gasteiger partial charge in [-0.3, -0.25) is 4.79 Å². The Hall–Kier alpha value is -2.55. The fourth-order valence-corrected chi connectivity index (χ4v) is 1.59. The minimum Gasteiger partial charge on any atom is -0.503 e. The highest BCUT2D eigenvalue weighted by molar-refractivity contribution is 6.01. The lowest BCUT2D eigenvalue weighted by Crippen LogP contribution is -2.11. The van der Waals surface area contributed by atoms with Gasteiger partial charge >= 0.3 is 0 Å². The monoisotopic (exact) mass is 359 g/mol. The maximum absolute atomic E-state index is 11.2. The van der Waals surface area contributed by atoms with Crippen molar-refractivity contribution < 1.29 is 9.90 Å². The Balaban J connectivity index is -0.00000123. The molecule has 0 spiro atoms. The molecule has 3 heteroatoms. The molecule has 0 aliphatic carbocycles. The van der Waals surface area contributed by atoms with Crippen LogP contribution in [0.5, 0.6) is 0 Å². The summed E-state index contributed by atoms with van der Waals surface area (Å²) >= 11 is 0. The number of carbonyl (C=O) groups excluding carboxylic acids is 1. The van der Waals surface area contributed by atoms with Gasteiger partial charge in [0, 0.05) is 18.9 Å². The maximum Gasteiger partial charge on any atom is 0.221 e. The minimum atomic E-state index is -0.506. The molecule has 0 radical (unpaired) electrons. The number of hydrogen-bond acceptors (Lipinski definition) is 3. The van der Waals surface area contributed by atoms with Crippen LogP contribution < -0.4 is 0 Å². The fourth-order valence-electron chi connectivity index (χ4n) is 1.59. The summed E-state index contributed by atoms with van der Waals surface area (Å²) in [6.45, 7) is 22.7. The molecule has 0 saturated carbocycles. The summed E-state index contributed by atoms with van der Waals surface area (Å²) in [5.41, 5.74) is 1.96. The average molecular weight is 360 g/mol. The summed E-state index contributed by atoms with van der Waals surface area (Å²) in [5.74, 6) is -0.629. The van der Waals surface area contributed by atoms with Gasteiger partial charge in [0.25, 0.3) is 0 Å². The summed E-state index contributed by atoms with van der Waals surface area (Å²) in [5, 5.41) is 9.54. The number of carbonyl (C=O) groups is 1. The van der Waals surface area contributed by atoms with Crippen LogP contribution in [0.15, 0.2) is 85.5 Å². The Bertz CT molecular complexity index is 549. The second-order valence-corrected chi connectivity index (χ2v) is 4.78. The van der Waals surface area contributed by atoms with E-state index in [0.717, 1.165) is 17.3 Å². The van der Waals surface area contributed by atoms with Gasteiger partial charge in [0.1, 0.15) is 0 Å². The predicted molar refractivity (Wildman–Crippen MR) is 117 cm³/mol. The SMILES string of the molecule is C=C/C=C(\C=C)C(C)/C=C\C=C(/C)N(C)/C=C(/O)C(=O)C=C.CC.CC. The van der Waals surface area contributed by atoms with Gasteiger partial charge in [0.15, 0.2) is 5.76 Å². The molecule has 0 aromatic rings. The first-order valence-corrected chi connectivity index (χ1v) is 8.97. The highest BCUT2D eigenvalue weighted by Crippen LogP contribution is 2.13. The molecule has 0 heterocycles. The van der Waals surface area contributed by atoms with Gasteiger partial charge in [-0.2, -0.15) is 0 Å². The lowest BCUT2D eigenvalue weighted by Gasteiger charge is -2.14. The molecule has 1 N–H and O–H groups in total. The molecule has 26 heavy (non-hydrogen) atoms. The number of ketones is 1. The van der Waals surface area contributed by atoms with E-state index in [0.29, 0.717) is 0 Å². The fraction of sp³-hybridized carbons (Fsp3) is 0.348. The first-order chi connectivity index (χ1) is 12.4. The molecule has 0 bridgehead atoms. The van der Waals surface area contributed by atoms with Crippen molar-refractivity contribution in [1.82, 2.24) is 4.90 Å². The second kappa shape index (κ2) is 18.8. The molecule has 1 atom stereocenters. The number of nitrogens with zero attached hydrogens (tertiary/aromatic N) is 1. The molecular formula is C23H37NO2. The van der Waals surface area contributed by atoms with E-state index in [9.17, 15) is 9.90 Å². The van der Waals surface area contributed by atoms with Crippen molar-refractivity contribution in [2.45, 2.75) is 41.5 Å². The van der Waals surface area contributed by atoms with Crippen molar-refractivity contribution in [1.29, 1.82) is 0 Å². The Kier molecular flexibility index (Phi) is 20.4. The van der Waals surface area contributed by atoms with Crippen molar-refractivity contribution in [2.75, 3.05) is 7.05 Å². The molecule has 0 saturated heterocycles. The molecule has 3 nitrogen and oxygen atoms in total. The van der Waals surface area contributed by atoms with Crippen LogP contribution in [-0.2, 0) is 4.79 Å². The molecule has 0 rings (SSSR count). The van der Waals surface area contributed by atoms with Gasteiger partial charge in [-0.1, -0.05) is 84.7 Å². The molecule has 0 aliphatic rings. The quantitative estimate of drug-likeness (QED) is 0.289. The first-order valence-electron chi connectivity index (χ1n) is 8.97. The van der Waals surface area contributed by atoms with Crippen LogP contribution in [0.2, 0.25) is 0 Å². The molecule has 146 valence electrons. The van der Waals surface area contributed by atoms with Crippen LogP contribution in [-0.4, -0.2) is 22.8 Å². The minimum absolute atomic E-state index is 0.219. The van der Waals surface area contributed by atoms with Crippen molar-refractivity contribution in [3.63, 3.8) is 0 Å². The van der Waals surface area contributed by atoms with Crippen LogP contribution in [0.1, 0.15) is 41.5 Å². The van der Waals surface area contributed by atoms with Crippen LogP contribution in [0.4, 0.5) is 0 Å². The Morgan fingerprint density at radius 1 is 1.04 bits per heavy atom. The highest BCUT2D eigenvalue weighted by atomic mass is 16.3. The van der Waals surface area contributed by atoms with E-state index in [1.54, 1.807) is 24.1 Å². The zero-order valence-electron chi connectivity index (χ0n) is 17.6. The highest BCUT2D eigenvalue weighted by Gasteiger charge is 2.04. The second-order valence-electron chi connectivity index (χ2n) is 4.78. The summed E-state index contributed by atoms with van der Waals surface area (Å²) < 4.78 is 0. The standard InChI is InChI=1S/C19H25NO2.2C2H6/c1-7-11-17(8-2)15(4)12-10-13-16(5)20(6)14-19(22)18(21)9-3;2*1-2/h7-15,22H,1-3H2,4-6H3;2*1-2H3/b12-10-,16-13+,17-11+,19-14+;;. The number of rotatable bonds is 9. The van der Waals surface area contributed by atoms with E-state index in [1.165, 1.54) is 6.20 Å². The molecule has 0 aliphatic heterocycles. The molecule has 0 aromatic heterocycles. The van der Waals surface area contributed by atoms with Gasteiger partial charge < -0.3 is 10.0 Å². The van der Waals surface area contributed by atoms with Gasteiger partial charge in [0.2, 0.25) is 5.78 Å². The molecule has 1 unspecified atom stereocenters. The average Bonchev–Trinajstić information content (AvgIpc) is 2.67. The van der Waals surface area contributed by atoms with Gasteiger partial charge in [-0.25, -0.2) is 0 Å². The van der Waals surface area contributed by atoms with Crippen molar-refractivity contribution >= 4 is 5.78 Å². The van der Waals surface area contributed by atoms with Crippen molar-refractivity contribution in [3.05, 3.63) is 85.5 Å². The summed E-state index contributed by atoms with van der Waals surface area (Å²) in [7, 11) is 1.75. The Morgan fingerprint density at radius 3 is 2.00 bits per heavy atom. The number of allylic oxidation sites excluding steroid dienone is 9. The van der Waals surface area contributed by atoms with Crippen LogP contribution in [0, 0.1) is 5.92 Å². The third-order valence-corrected chi connectivity index (χ3v) is 3.12. The maximum atomic E-state index is 11.2. The van der Waals surface area contributed by atoms with Crippen LogP contribution >= 0.6 is 0 Å². The third-order valence-electron chi connectivity index (χ3n) is 3.12. The third kappa shape index (κ3) is 12.8. The van der Waals surface area contributed by atoms with Gasteiger partial charge in [-0.05, 0) is 30.6 Å². The lowest BCUT2D eigenvalue weighted by molar-refractivity contribution is -0.113. The normalized spacial score (nSPS) is 12.8. The smallest absolute Gasteiger partial charge is 0.221 e. The Morgan fingerprint density at radius 2 is 1.58 bits per heavy atom. The van der Waals surface area contributed by atoms with E-state index < -0.39 is 5.78 Å². The first kappa shape index (κ1) is 28.3. The van der Waals surface area contributed by atoms with Crippen LogP contribution in [0.25, 0.3) is 0 Å². The number of aliphatic hydroxyl groups excluding tert-OH is 1.